The molecule has 0 aliphatic carbocycles. The molecule has 0 aromatic heterocycles. The summed E-state index contributed by atoms with van der Waals surface area (Å²) in [5.41, 5.74) is 3.15. The second-order valence-electron chi connectivity index (χ2n) is 6.32. The molecule has 0 spiro atoms. The van der Waals surface area contributed by atoms with E-state index in [0.717, 1.165) is 24.0 Å². The van der Waals surface area contributed by atoms with E-state index < -0.39 is 0 Å². The molecule has 21 heavy (non-hydrogen) atoms. The van der Waals surface area contributed by atoms with Crippen LogP contribution in [-0.2, 0) is 13.0 Å². The van der Waals surface area contributed by atoms with Gasteiger partial charge in [0.05, 0.1) is 0 Å². The van der Waals surface area contributed by atoms with Crippen molar-refractivity contribution in [3.63, 3.8) is 0 Å². The summed E-state index contributed by atoms with van der Waals surface area (Å²) in [6.07, 6.45) is 2.04. The van der Waals surface area contributed by atoms with Crippen LogP contribution in [0.4, 0.5) is 4.39 Å². The lowest BCUT2D eigenvalue weighted by Gasteiger charge is -2.27. The Balaban J connectivity index is 1.90. The first-order valence-corrected chi connectivity index (χ1v) is 7.50. The van der Waals surface area contributed by atoms with E-state index in [1.807, 2.05) is 19.1 Å². The number of benzene rings is 2. The summed E-state index contributed by atoms with van der Waals surface area (Å²) in [6.45, 7) is 6.89. The highest BCUT2D eigenvalue weighted by molar-refractivity contribution is 5.24. The normalized spacial score (nSPS) is 11.6. The van der Waals surface area contributed by atoms with Crippen molar-refractivity contribution >= 4 is 0 Å². The molecule has 2 aromatic rings. The minimum atomic E-state index is -0.132. The zero-order chi connectivity index (χ0) is 15.3. The molecular formula is C19H24FN. The van der Waals surface area contributed by atoms with Crippen LogP contribution in [0.1, 0.15) is 37.0 Å². The molecule has 1 N–H and O–H groups in total. The fraction of sp³-hybridized carbons (Fsp3) is 0.368. The fourth-order valence-electron chi connectivity index (χ4n) is 2.36. The highest BCUT2D eigenvalue weighted by Gasteiger charge is 2.17. The molecule has 2 rings (SSSR count). The SMILES string of the molecule is Cc1ccc(F)c(CNC(C)(C)CCc2ccccc2)c1. The Bertz CT molecular complexity index is 575. The van der Waals surface area contributed by atoms with Crippen molar-refractivity contribution < 1.29 is 4.39 Å². The minimum absolute atomic E-state index is 0.0218. The van der Waals surface area contributed by atoms with Gasteiger partial charge in [-0.3, -0.25) is 0 Å². The number of aryl methyl sites for hydroxylation is 2. The van der Waals surface area contributed by atoms with E-state index >= 15 is 0 Å². The Morgan fingerprint density at radius 1 is 1.05 bits per heavy atom. The zero-order valence-electron chi connectivity index (χ0n) is 13.1. The quantitative estimate of drug-likeness (QED) is 0.815. The average Bonchev–Trinajstić information content (AvgIpc) is 2.47. The van der Waals surface area contributed by atoms with Crippen molar-refractivity contribution in [1.29, 1.82) is 0 Å². The van der Waals surface area contributed by atoms with Gasteiger partial charge in [0.2, 0.25) is 0 Å². The van der Waals surface area contributed by atoms with Crippen LogP contribution in [0.25, 0.3) is 0 Å². The number of nitrogens with one attached hydrogen (secondary N) is 1. The van der Waals surface area contributed by atoms with E-state index in [0.29, 0.717) is 6.54 Å². The van der Waals surface area contributed by atoms with Crippen molar-refractivity contribution in [3.05, 3.63) is 71.0 Å². The van der Waals surface area contributed by atoms with E-state index in [9.17, 15) is 4.39 Å². The molecule has 0 atom stereocenters. The van der Waals surface area contributed by atoms with Gasteiger partial charge in [-0.2, -0.15) is 0 Å². The smallest absolute Gasteiger partial charge is 0.127 e. The third kappa shape index (κ3) is 4.98. The Kier molecular flexibility index (Phi) is 5.13. The summed E-state index contributed by atoms with van der Waals surface area (Å²) in [7, 11) is 0. The van der Waals surface area contributed by atoms with Crippen LogP contribution in [0, 0.1) is 12.7 Å². The first-order chi connectivity index (χ1) is 9.96. The monoisotopic (exact) mass is 285 g/mol. The average molecular weight is 285 g/mol. The molecule has 0 aliphatic rings. The summed E-state index contributed by atoms with van der Waals surface area (Å²) >= 11 is 0. The van der Waals surface area contributed by atoms with Crippen LogP contribution in [0.5, 0.6) is 0 Å². The van der Waals surface area contributed by atoms with E-state index in [1.165, 1.54) is 5.56 Å². The minimum Gasteiger partial charge on any atom is -0.308 e. The van der Waals surface area contributed by atoms with Crippen LogP contribution in [0.3, 0.4) is 0 Å². The van der Waals surface area contributed by atoms with Gasteiger partial charge < -0.3 is 5.32 Å². The van der Waals surface area contributed by atoms with Crippen LogP contribution < -0.4 is 5.32 Å². The topological polar surface area (TPSA) is 12.0 Å². The lowest BCUT2D eigenvalue weighted by atomic mass is 9.95. The third-order valence-corrected chi connectivity index (χ3v) is 3.84. The van der Waals surface area contributed by atoms with E-state index in [2.05, 4.69) is 43.4 Å². The van der Waals surface area contributed by atoms with Crippen LogP contribution >= 0.6 is 0 Å². The van der Waals surface area contributed by atoms with Crippen LogP contribution in [-0.4, -0.2) is 5.54 Å². The maximum atomic E-state index is 13.8. The Labute approximate surface area is 127 Å². The molecule has 2 aromatic carbocycles. The highest BCUT2D eigenvalue weighted by atomic mass is 19.1. The second kappa shape index (κ2) is 6.86. The lowest BCUT2D eigenvalue weighted by molar-refractivity contribution is 0.357. The summed E-state index contributed by atoms with van der Waals surface area (Å²) < 4.78 is 13.8. The second-order valence-corrected chi connectivity index (χ2v) is 6.32. The molecule has 0 aliphatic heterocycles. The largest absolute Gasteiger partial charge is 0.308 e. The molecule has 2 heteroatoms. The molecule has 112 valence electrons. The van der Waals surface area contributed by atoms with Crippen molar-refractivity contribution in [1.82, 2.24) is 5.32 Å². The number of hydrogen-bond acceptors (Lipinski definition) is 1. The van der Waals surface area contributed by atoms with Crippen molar-refractivity contribution in [2.24, 2.45) is 0 Å². The fourth-order valence-corrected chi connectivity index (χ4v) is 2.36. The van der Waals surface area contributed by atoms with Gasteiger partial charge in [-0.1, -0.05) is 48.0 Å². The summed E-state index contributed by atoms with van der Waals surface area (Å²) in [6, 6.07) is 15.7. The van der Waals surface area contributed by atoms with Gasteiger partial charge in [0.15, 0.2) is 0 Å². The summed E-state index contributed by atoms with van der Waals surface area (Å²) in [5.74, 6) is -0.132. The standard InChI is InChI=1S/C19H24FN/c1-15-9-10-18(20)17(13-15)14-21-19(2,3)12-11-16-7-5-4-6-8-16/h4-10,13,21H,11-12,14H2,1-3H3. The lowest BCUT2D eigenvalue weighted by Crippen LogP contribution is -2.39. The van der Waals surface area contributed by atoms with Gasteiger partial charge in [-0.15, -0.1) is 0 Å². The number of hydrogen-bond donors (Lipinski definition) is 1. The maximum absolute atomic E-state index is 13.8. The Morgan fingerprint density at radius 2 is 1.76 bits per heavy atom. The van der Waals surface area contributed by atoms with E-state index in [-0.39, 0.29) is 11.4 Å². The van der Waals surface area contributed by atoms with Gasteiger partial charge in [0, 0.05) is 17.6 Å². The molecule has 0 unspecified atom stereocenters. The van der Waals surface area contributed by atoms with Crippen molar-refractivity contribution in [2.75, 3.05) is 0 Å². The van der Waals surface area contributed by atoms with Gasteiger partial charge in [0.1, 0.15) is 5.82 Å². The first-order valence-electron chi connectivity index (χ1n) is 7.50. The molecule has 0 saturated heterocycles. The summed E-state index contributed by atoms with van der Waals surface area (Å²) in [4.78, 5) is 0. The zero-order valence-corrected chi connectivity index (χ0v) is 13.1. The molecule has 0 bridgehead atoms. The Hall–Kier alpha value is -1.67. The molecule has 0 saturated carbocycles. The molecule has 0 amide bonds. The van der Waals surface area contributed by atoms with Gasteiger partial charge in [-0.25, -0.2) is 4.39 Å². The molecule has 0 heterocycles. The van der Waals surface area contributed by atoms with Crippen molar-refractivity contribution in [2.45, 2.75) is 45.7 Å². The highest BCUT2D eigenvalue weighted by Crippen LogP contribution is 2.16. The van der Waals surface area contributed by atoms with Crippen LogP contribution in [0.2, 0.25) is 0 Å². The molecule has 1 nitrogen and oxygen atoms in total. The van der Waals surface area contributed by atoms with Gasteiger partial charge in [0.25, 0.3) is 0 Å². The van der Waals surface area contributed by atoms with Gasteiger partial charge in [-0.05, 0) is 45.2 Å². The Morgan fingerprint density at radius 3 is 2.48 bits per heavy atom. The predicted molar refractivity (Wildman–Crippen MR) is 86.8 cm³/mol. The molecule has 0 fully saturated rings. The van der Waals surface area contributed by atoms with E-state index in [1.54, 1.807) is 12.1 Å². The molecule has 0 radical (unpaired) electrons. The number of rotatable bonds is 6. The van der Waals surface area contributed by atoms with Gasteiger partial charge >= 0.3 is 0 Å². The predicted octanol–water partition coefficient (Wildman–Crippen LogP) is 4.64. The van der Waals surface area contributed by atoms with Crippen molar-refractivity contribution in [3.8, 4) is 0 Å². The number of halogens is 1. The molecular weight excluding hydrogens is 261 g/mol. The van der Waals surface area contributed by atoms with E-state index in [4.69, 9.17) is 0 Å². The summed E-state index contributed by atoms with van der Waals surface area (Å²) in [5, 5.41) is 3.47. The van der Waals surface area contributed by atoms with Crippen LogP contribution in [0.15, 0.2) is 48.5 Å². The maximum Gasteiger partial charge on any atom is 0.127 e. The third-order valence-electron chi connectivity index (χ3n) is 3.84. The first kappa shape index (κ1) is 15.7.